The predicted molar refractivity (Wildman–Crippen MR) is 68.9 cm³/mol. The Bertz CT molecular complexity index is 332. The predicted octanol–water partition coefficient (Wildman–Crippen LogP) is 1.19. The molecule has 0 spiro atoms. The van der Waals surface area contributed by atoms with Gasteiger partial charge in [-0.3, -0.25) is 0 Å². The van der Waals surface area contributed by atoms with Crippen LogP contribution in [0.25, 0.3) is 0 Å². The van der Waals surface area contributed by atoms with Gasteiger partial charge in [0.2, 0.25) is 0 Å². The van der Waals surface area contributed by atoms with Crippen molar-refractivity contribution in [3.63, 3.8) is 0 Å². The molecule has 5 heteroatoms. The van der Waals surface area contributed by atoms with Crippen molar-refractivity contribution in [3.8, 4) is 0 Å². The highest BCUT2D eigenvalue weighted by Crippen LogP contribution is 2.19. The summed E-state index contributed by atoms with van der Waals surface area (Å²) in [6, 6.07) is 2.32. The van der Waals surface area contributed by atoms with Crippen molar-refractivity contribution in [3.05, 3.63) is 17.8 Å². The number of anilines is 1. The molecular formula is C12H22N4O. The minimum absolute atomic E-state index is 0.396. The molecule has 17 heavy (non-hydrogen) atoms. The van der Waals surface area contributed by atoms with Gasteiger partial charge in [-0.15, -0.1) is 5.10 Å². The molecule has 5 nitrogen and oxygen atoms in total. The van der Waals surface area contributed by atoms with E-state index in [1.165, 1.54) is 0 Å². The highest BCUT2D eigenvalue weighted by atomic mass is 16.5. The molecule has 0 saturated heterocycles. The van der Waals surface area contributed by atoms with Gasteiger partial charge in [0, 0.05) is 31.8 Å². The summed E-state index contributed by atoms with van der Waals surface area (Å²) < 4.78 is 5.14. The third-order valence-corrected chi connectivity index (χ3v) is 2.93. The van der Waals surface area contributed by atoms with Crippen LogP contribution in [-0.2, 0) is 11.3 Å². The first-order valence-corrected chi connectivity index (χ1v) is 6.00. The van der Waals surface area contributed by atoms with E-state index < -0.39 is 0 Å². The van der Waals surface area contributed by atoms with Crippen molar-refractivity contribution in [1.82, 2.24) is 10.2 Å². The van der Waals surface area contributed by atoms with Crippen molar-refractivity contribution < 1.29 is 4.74 Å². The van der Waals surface area contributed by atoms with E-state index in [0.29, 0.717) is 19.2 Å². The second kappa shape index (κ2) is 7.19. The normalized spacial score (nSPS) is 12.5. The van der Waals surface area contributed by atoms with Gasteiger partial charge in [-0.25, -0.2) is 0 Å². The Kier molecular flexibility index (Phi) is 5.86. The first-order chi connectivity index (χ1) is 8.24. The summed E-state index contributed by atoms with van der Waals surface area (Å²) in [5, 5.41) is 8.16. The zero-order valence-electron chi connectivity index (χ0n) is 10.9. The Balaban J connectivity index is 2.94. The molecule has 0 aliphatic rings. The Morgan fingerprint density at radius 2 is 2.29 bits per heavy atom. The number of methoxy groups -OCH3 is 1. The Hall–Kier alpha value is -1.20. The molecule has 1 atom stereocenters. The lowest BCUT2D eigenvalue weighted by atomic mass is 10.2. The first-order valence-electron chi connectivity index (χ1n) is 6.00. The van der Waals surface area contributed by atoms with Crippen LogP contribution in [0.1, 0.15) is 25.8 Å². The van der Waals surface area contributed by atoms with E-state index in [1.54, 1.807) is 13.3 Å². The number of hydrogen-bond donors (Lipinski definition) is 1. The molecule has 0 bridgehead atoms. The molecule has 0 fully saturated rings. The minimum Gasteiger partial charge on any atom is -0.383 e. The number of hydrogen-bond acceptors (Lipinski definition) is 5. The van der Waals surface area contributed by atoms with Gasteiger partial charge in [-0.1, -0.05) is 6.92 Å². The molecule has 0 aromatic carbocycles. The Morgan fingerprint density at radius 1 is 1.53 bits per heavy atom. The molecule has 1 aromatic rings. The largest absolute Gasteiger partial charge is 0.383 e. The van der Waals surface area contributed by atoms with Crippen LogP contribution in [0.3, 0.4) is 0 Å². The molecule has 96 valence electrons. The zero-order chi connectivity index (χ0) is 12.7. The van der Waals surface area contributed by atoms with Crippen molar-refractivity contribution in [2.45, 2.75) is 32.9 Å². The molecule has 2 N–H and O–H groups in total. The van der Waals surface area contributed by atoms with Crippen LogP contribution < -0.4 is 10.6 Å². The fraction of sp³-hybridized carbons (Fsp3) is 0.667. The quantitative estimate of drug-likeness (QED) is 0.773. The molecule has 0 aliphatic heterocycles. The summed E-state index contributed by atoms with van der Waals surface area (Å²) in [6.45, 7) is 6.28. The Labute approximate surface area is 103 Å². The van der Waals surface area contributed by atoms with E-state index >= 15 is 0 Å². The summed E-state index contributed by atoms with van der Waals surface area (Å²) in [5.74, 6) is 0.876. The van der Waals surface area contributed by atoms with E-state index in [1.807, 2.05) is 6.07 Å². The number of aromatic nitrogens is 2. The summed E-state index contributed by atoms with van der Waals surface area (Å²) >= 11 is 0. The third kappa shape index (κ3) is 3.64. The van der Waals surface area contributed by atoms with Gasteiger partial charge in [0.25, 0.3) is 0 Å². The van der Waals surface area contributed by atoms with Crippen molar-refractivity contribution in [1.29, 1.82) is 0 Å². The molecule has 0 radical (unpaired) electrons. The van der Waals surface area contributed by atoms with Gasteiger partial charge in [-0.2, -0.15) is 5.10 Å². The van der Waals surface area contributed by atoms with Crippen molar-refractivity contribution in [2.75, 3.05) is 25.2 Å². The van der Waals surface area contributed by atoms with Crippen LogP contribution in [0.15, 0.2) is 12.3 Å². The molecule has 1 heterocycles. The highest BCUT2D eigenvalue weighted by Gasteiger charge is 2.17. The van der Waals surface area contributed by atoms with E-state index in [9.17, 15) is 0 Å². The summed E-state index contributed by atoms with van der Waals surface area (Å²) in [4.78, 5) is 2.21. The number of nitrogens with two attached hydrogens (primary N) is 1. The van der Waals surface area contributed by atoms with Crippen LogP contribution in [0.5, 0.6) is 0 Å². The maximum atomic E-state index is 5.73. The third-order valence-electron chi connectivity index (χ3n) is 2.93. The second-order valence-electron chi connectivity index (χ2n) is 4.03. The first kappa shape index (κ1) is 13.9. The number of ether oxygens (including phenoxy) is 1. The number of rotatable bonds is 7. The van der Waals surface area contributed by atoms with Crippen LogP contribution in [-0.4, -0.2) is 36.5 Å². The molecule has 0 aliphatic carbocycles. The average molecular weight is 238 g/mol. The fourth-order valence-electron chi connectivity index (χ4n) is 1.70. The molecule has 0 saturated carbocycles. The maximum Gasteiger partial charge on any atom is 0.156 e. The minimum atomic E-state index is 0.396. The van der Waals surface area contributed by atoms with E-state index in [4.69, 9.17) is 10.5 Å². The van der Waals surface area contributed by atoms with Crippen molar-refractivity contribution in [2.24, 2.45) is 5.73 Å². The number of nitrogens with zero attached hydrogens (tertiary/aromatic N) is 3. The Morgan fingerprint density at radius 3 is 2.88 bits per heavy atom. The van der Waals surface area contributed by atoms with E-state index in [2.05, 4.69) is 28.9 Å². The molecule has 0 amide bonds. The fourth-order valence-corrected chi connectivity index (χ4v) is 1.70. The molecule has 1 aromatic heterocycles. The summed E-state index contributed by atoms with van der Waals surface area (Å²) in [7, 11) is 1.70. The van der Waals surface area contributed by atoms with Crippen LogP contribution in [0.2, 0.25) is 0 Å². The van der Waals surface area contributed by atoms with Gasteiger partial charge in [0.1, 0.15) is 0 Å². The zero-order valence-corrected chi connectivity index (χ0v) is 10.9. The standard InChI is InChI=1S/C12H22N4O/c1-4-10(2)16(7-8-17-3)12-11(9-13)5-6-14-15-12/h5-6,10H,4,7-9,13H2,1-3H3. The summed E-state index contributed by atoms with van der Waals surface area (Å²) in [5.41, 5.74) is 6.76. The van der Waals surface area contributed by atoms with Crippen LogP contribution in [0.4, 0.5) is 5.82 Å². The molecule has 1 unspecified atom stereocenters. The lowest BCUT2D eigenvalue weighted by Crippen LogP contribution is -2.37. The average Bonchev–Trinajstić information content (AvgIpc) is 2.39. The van der Waals surface area contributed by atoms with Crippen LogP contribution >= 0.6 is 0 Å². The van der Waals surface area contributed by atoms with Gasteiger partial charge in [0.05, 0.1) is 12.8 Å². The van der Waals surface area contributed by atoms with Crippen molar-refractivity contribution >= 4 is 5.82 Å². The molecular weight excluding hydrogens is 216 g/mol. The van der Waals surface area contributed by atoms with Gasteiger partial charge < -0.3 is 15.4 Å². The maximum absolute atomic E-state index is 5.73. The lowest BCUT2D eigenvalue weighted by Gasteiger charge is -2.30. The topological polar surface area (TPSA) is 64.3 Å². The van der Waals surface area contributed by atoms with E-state index in [0.717, 1.165) is 24.3 Å². The smallest absolute Gasteiger partial charge is 0.156 e. The summed E-state index contributed by atoms with van der Waals surface area (Å²) in [6.07, 6.45) is 2.72. The second-order valence-corrected chi connectivity index (χ2v) is 4.03. The molecule has 1 rings (SSSR count). The van der Waals surface area contributed by atoms with E-state index in [-0.39, 0.29) is 0 Å². The van der Waals surface area contributed by atoms with Gasteiger partial charge >= 0.3 is 0 Å². The highest BCUT2D eigenvalue weighted by molar-refractivity contribution is 5.46. The van der Waals surface area contributed by atoms with Gasteiger partial charge in [-0.05, 0) is 19.4 Å². The lowest BCUT2D eigenvalue weighted by molar-refractivity contribution is 0.203. The van der Waals surface area contributed by atoms with Gasteiger partial charge in [0.15, 0.2) is 5.82 Å². The van der Waals surface area contributed by atoms with Crippen LogP contribution in [0, 0.1) is 0 Å². The SMILES string of the molecule is CCC(C)N(CCOC)c1nnccc1CN. The monoisotopic (exact) mass is 238 g/mol.